The van der Waals surface area contributed by atoms with E-state index in [9.17, 15) is 0 Å². The molecule has 0 spiro atoms. The van der Waals surface area contributed by atoms with Crippen molar-refractivity contribution < 1.29 is 4.74 Å². The number of rotatable bonds is 8. The first-order chi connectivity index (χ1) is 6.93. The average Bonchev–Trinajstić information content (AvgIpc) is 2.09. The van der Waals surface area contributed by atoms with Crippen molar-refractivity contribution in [3.05, 3.63) is 0 Å². The monoisotopic (exact) mass is 232 g/mol. The summed E-state index contributed by atoms with van der Waals surface area (Å²) in [6.45, 7) is 11.1. The second-order valence-electron chi connectivity index (χ2n) is 4.27. The predicted molar refractivity (Wildman–Crippen MR) is 69.2 cm³/mol. The quantitative estimate of drug-likeness (QED) is 0.648. The molecule has 0 aliphatic heterocycles. The fourth-order valence-corrected chi connectivity index (χ4v) is 1.38. The Kier molecular flexibility index (Phi) is 7.92. The van der Waals surface area contributed by atoms with E-state index < -0.39 is 0 Å². The van der Waals surface area contributed by atoms with Crippen LogP contribution in [0.15, 0.2) is 0 Å². The van der Waals surface area contributed by atoms with Crippen molar-refractivity contribution in [2.24, 2.45) is 5.73 Å². The Hall–Kier alpha value is -0.190. The van der Waals surface area contributed by atoms with Crippen molar-refractivity contribution >= 4 is 17.2 Å². The van der Waals surface area contributed by atoms with E-state index in [-0.39, 0.29) is 0 Å². The minimum absolute atomic E-state index is 0.301. The molecule has 0 bridgehead atoms. The van der Waals surface area contributed by atoms with Gasteiger partial charge in [-0.1, -0.05) is 12.2 Å². The van der Waals surface area contributed by atoms with Gasteiger partial charge < -0.3 is 10.5 Å². The molecule has 0 aromatic heterocycles. The van der Waals surface area contributed by atoms with Gasteiger partial charge in [-0.25, -0.2) is 0 Å². The summed E-state index contributed by atoms with van der Waals surface area (Å²) < 4.78 is 5.52. The molecule has 4 heteroatoms. The van der Waals surface area contributed by atoms with Crippen LogP contribution in [-0.4, -0.2) is 41.7 Å². The van der Waals surface area contributed by atoms with Crippen LogP contribution in [0.5, 0.6) is 0 Å². The van der Waals surface area contributed by atoms with E-state index in [1.165, 1.54) is 0 Å². The molecule has 0 radical (unpaired) electrons. The lowest BCUT2D eigenvalue weighted by Gasteiger charge is -2.26. The maximum Gasteiger partial charge on any atom is 0.0740 e. The van der Waals surface area contributed by atoms with Gasteiger partial charge in [0.2, 0.25) is 0 Å². The number of nitrogens with two attached hydrogens (primary N) is 1. The summed E-state index contributed by atoms with van der Waals surface area (Å²) in [5, 5.41) is 0. The number of thiocarbonyl (C=S) groups is 1. The van der Waals surface area contributed by atoms with Crippen LogP contribution < -0.4 is 5.73 Å². The summed E-state index contributed by atoms with van der Waals surface area (Å²) in [5.41, 5.74) is 5.49. The normalized spacial score (nSPS) is 11.7. The van der Waals surface area contributed by atoms with Gasteiger partial charge in [-0.2, -0.15) is 0 Å². The first kappa shape index (κ1) is 14.8. The van der Waals surface area contributed by atoms with Crippen LogP contribution >= 0.6 is 12.2 Å². The van der Waals surface area contributed by atoms with Gasteiger partial charge in [-0.3, -0.25) is 4.90 Å². The molecule has 0 rings (SSSR count). The Bertz CT molecular complexity index is 183. The van der Waals surface area contributed by atoms with Crippen molar-refractivity contribution in [3.63, 3.8) is 0 Å². The zero-order valence-corrected chi connectivity index (χ0v) is 11.1. The SMILES string of the molecule is CC(C)OCCN(CCC(N)=S)C(C)C. The lowest BCUT2D eigenvalue weighted by Crippen LogP contribution is -2.36. The molecule has 0 amide bonds. The van der Waals surface area contributed by atoms with Gasteiger partial charge in [0.25, 0.3) is 0 Å². The Morgan fingerprint density at radius 1 is 1.27 bits per heavy atom. The molecule has 0 aliphatic carbocycles. The molecule has 0 aromatic rings. The summed E-state index contributed by atoms with van der Waals surface area (Å²) in [4.78, 5) is 2.92. The largest absolute Gasteiger partial charge is 0.393 e. The molecule has 2 N–H and O–H groups in total. The fraction of sp³-hybridized carbons (Fsp3) is 0.909. The minimum atomic E-state index is 0.301. The Balaban J connectivity index is 3.78. The van der Waals surface area contributed by atoms with Gasteiger partial charge in [0.1, 0.15) is 0 Å². The highest BCUT2D eigenvalue weighted by atomic mass is 32.1. The molecular weight excluding hydrogens is 208 g/mol. The summed E-state index contributed by atoms with van der Waals surface area (Å²) in [5.74, 6) is 0. The Morgan fingerprint density at radius 3 is 2.27 bits per heavy atom. The number of hydrogen-bond acceptors (Lipinski definition) is 3. The van der Waals surface area contributed by atoms with Crippen molar-refractivity contribution in [2.75, 3.05) is 19.7 Å². The third kappa shape index (κ3) is 8.78. The van der Waals surface area contributed by atoms with E-state index >= 15 is 0 Å². The predicted octanol–water partition coefficient (Wildman–Crippen LogP) is 1.80. The smallest absolute Gasteiger partial charge is 0.0740 e. The van der Waals surface area contributed by atoms with Gasteiger partial charge in [0.05, 0.1) is 17.7 Å². The highest BCUT2D eigenvalue weighted by Crippen LogP contribution is 2.00. The van der Waals surface area contributed by atoms with Crippen molar-refractivity contribution in [2.45, 2.75) is 46.3 Å². The molecule has 0 saturated carbocycles. The third-order valence-corrected chi connectivity index (χ3v) is 2.41. The molecule has 15 heavy (non-hydrogen) atoms. The van der Waals surface area contributed by atoms with E-state index in [0.29, 0.717) is 17.1 Å². The molecule has 0 aromatic carbocycles. The van der Waals surface area contributed by atoms with Gasteiger partial charge in [-0.05, 0) is 27.7 Å². The Morgan fingerprint density at radius 2 is 1.87 bits per heavy atom. The van der Waals surface area contributed by atoms with Crippen LogP contribution in [0.2, 0.25) is 0 Å². The lowest BCUT2D eigenvalue weighted by atomic mass is 10.3. The maximum absolute atomic E-state index is 5.52. The summed E-state index contributed by atoms with van der Waals surface area (Å²) >= 11 is 4.87. The molecular formula is C11H24N2OS. The molecule has 0 fully saturated rings. The highest BCUT2D eigenvalue weighted by Gasteiger charge is 2.09. The van der Waals surface area contributed by atoms with Crippen LogP contribution in [0.4, 0.5) is 0 Å². The Labute approximate surface area is 99.0 Å². The van der Waals surface area contributed by atoms with Crippen LogP contribution in [0, 0.1) is 0 Å². The molecule has 0 aliphatic rings. The lowest BCUT2D eigenvalue weighted by molar-refractivity contribution is 0.0530. The van der Waals surface area contributed by atoms with Crippen LogP contribution in [-0.2, 0) is 4.74 Å². The third-order valence-electron chi connectivity index (χ3n) is 2.21. The first-order valence-electron chi connectivity index (χ1n) is 5.57. The van der Waals surface area contributed by atoms with Crippen LogP contribution in [0.3, 0.4) is 0 Å². The maximum atomic E-state index is 5.52. The van der Waals surface area contributed by atoms with E-state index in [1.54, 1.807) is 0 Å². The van der Waals surface area contributed by atoms with Crippen molar-refractivity contribution in [1.82, 2.24) is 4.90 Å². The molecule has 90 valence electrons. The van der Waals surface area contributed by atoms with Crippen molar-refractivity contribution in [1.29, 1.82) is 0 Å². The van der Waals surface area contributed by atoms with Crippen molar-refractivity contribution in [3.8, 4) is 0 Å². The van der Waals surface area contributed by atoms with Crippen LogP contribution in [0.1, 0.15) is 34.1 Å². The zero-order chi connectivity index (χ0) is 11.8. The zero-order valence-electron chi connectivity index (χ0n) is 10.3. The number of ether oxygens (including phenoxy) is 1. The summed E-state index contributed by atoms with van der Waals surface area (Å²) in [6.07, 6.45) is 1.09. The number of hydrogen-bond donors (Lipinski definition) is 1. The average molecular weight is 232 g/mol. The summed E-state index contributed by atoms with van der Waals surface area (Å²) in [6, 6.07) is 0.509. The van der Waals surface area contributed by atoms with Crippen LogP contribution in [0.25, 0.3) is 0 Å². The molecule has 3 nitrogen and oxygen atoms in total. The molecule has 0 unspecified atom stereocenters. The van der Waals surface area contributed by atoms with E-state index in [4.69, 9.17) is 22.7 Å². The topological polar surface area (TPSA) is 38.5 Å². The number of nitrogens with zero attached hydrogens (tertiary/aromatic N) is 1. The molecule has 0 heterocycles. The highest BCUT2D eigenvalue weighted by molar-refractivity contribution is 7.80. The van der Waals surface area contributed by atoms with E-state index in [1.807, 2.05) is 0 Å². The fourth-order valence-electron chi connectivity index (χ4n) is 1.29. The van der Waals surface area contributed by atoms with Gasteiger partial charge >= 0.3 is 0 Å². The van der Waals surface area contributed by atoms with Gasteiger partial charge in [-0.15, -0.1) is 0 Å². The summed E-state index contributed by atoms with van der Waals surface area (Å²) in [7, 11) is 0. The second kappa shape index (κ2) is 8.02. The van der Waals surface area contributed by atoms with E-state index in [2.05, 4.69) is 32.6 Å². The minimum Gasteiger partial charge on any atom is -0.393 e. The standard InChI is InChI=1S/C11H24N2OS/c1-9(2)13(6-5-11(12)15)7-8-14-10(3)4/h9-10H,5-8H2,1-4H3,(H2,12,15). The molecule has 0 saturated heterocycles. The molecule has 0 atom stereocenters. The first-order valence-corrected chi connectivity index (χ1v) is 5.98. The van der Waals surface area contributed by atoms with Gasteiger partial charge in [0.15, 0.2) is 0 Å². The second-order valence-corrected chi connectivity index (χ2v) is 4.79. The van der Waals surface area contributed by atoms with E-state index in [0.717, 1.165) is 26.1 Å². The van der Waals surface area contributed by atoms with Gasteiger partial charge in [0, 0.05) is 25.6 Å².